The number of nitrogens with zero attached hydrogens (tertiary/aromatic N) is 2. The SMILES string of the molecule is CC1(C)CCCC(Nc2cc(C#N)cc(Cl)n2)C1. The first-order valence-corrected chi connectivity index (χ1v) is 6.70. The van der Waals surface area contributed by atoms with Gasteiger partial charge in [0.05, 0.1) is 11.6 Å². The van der Waals surface area contributed by atoms with E-state index in [-0.39, 0.29) is 0 Å². The van der Waals surface area contributed by atoms with Gasteiger partial charge in [-0.15, -0.1) is 0 Å². The van der Waals surface area contributed by atoms with Gasteiger partial charge >= 0.3 is 0 Å². The molecule has 0 saturated heterocycles. The molecule has 96 valence electrons. The number of aromatic nitrogens is 1. The zero-order valence-corrected chi connectivity index (χ0v) is 11.6. The Morgan fingerprint density at radius 3 is 2.94 bits per heavy atom. The topological polar surface area (TPSA) is 48.7 Å². The highest BCUT2D eigenvalue weighted by atomic mass is 35.5. The van der Waals surface area contributed by atoms with Crippen LogP contribution < -0.4 is 5.32 Å². The molecular formula is C14H18ClN3. The van der Waals surface area contributed by atoms with Crippen molar-refractivity contribution < 1.29 is 0 Å². The molecule has 1 unspecified atom stereocenters. The van der Waals surface area contributed by atoms with E-state index in [1.165, 1.54) is 12.8 Å². The van der Waals surface area contributed by atoms with E-state index in [1.807, 2.05) is 0 Å². The van der Waals surface area contributed by atoms with E-state index in [2.05, 4.69) is 30.2 Å². The Hall–Kier alpha value is -1.27. The molecule has 1 N–H and O–H groups in total. The van der Waals surface area contributed by atoms with Crippen molar-refractivity contribution in [3.05, 3.63) is 22.8 Å². The molecule has 0 radical (unpaired) electrons. The molecule has 0 bridgehead atoms. The van der Waals surface area contributed by atoms with Gasteiger partial charge in [-0.3, -0.25) is 0 Å². The van der Waals surface area contributed by atoms with Crippen LogP contribution in [0, 0.1) is 16.7 Å². The van der Waals surface area contributed by atoms with E-state index >= 15 is 0 Å². The number of anilines is 1. The van der Waals surface area contributed by atoms with Gasteiger partial charge in [-0.2, -0.15) is 5.26 Å². The lowest BCUT2D eigenvalue weighted by molar-refractivity contribution is 0.229. The zero-order valence-electron chi connectivity index (χ0n) is 10.8. The fourth-order valence-electron chi connectivity index (χ4n) is 2.67. The Balaban J connectivity index is 2.10. The van der Waals surface area contributed by atoms with Crippen LogP contribution in [0.25, 0.3) is 0 Å². The summed E-state index contributed by atoms with van der Waals surface area (Å²) in [6, 6.07) is 5.86. The van der Waals surface area contributed by atoms with E-state index in [9.17, 15) is 0 Å². The Labute approximate surface area is 113 Å². The smallest absolute Gasteiger partial charge is 0.132 e. The van der Waals surface area contributed by atoms with Crippen molar-refractivity contribution in [2.75, 3.05) is 5.32 Å². The Kier molecular flexibility index (Phi) is 3.77. The number of hydrogen-bond acceptors (Lipinski definition) is 3. The molecule has 2 rings (SSSR count). The fourth-order valence-corrected chi connectivity index (χ4v) is 2.87. The van der Waals surface area contributed by atoms with Crippen LogP contribution in [0.15, 0.2) is 12.1 Å². The van der Waals surface area contributed by atoms with Crippen LogP contribution in [0.3, 0.4) is 0 Å². The first-order valence-electron chi connectivity index (χ1n) is 6.33. The van der Waals surface area contributed by atoms with Crippen molar-refractivity contribution in [2.24, 2.45) is 5.41 Å². The van der Waals surface area contributed by atoms with E-state index in [0.29, 0.717) is 28.0 Å². The monoisotopic (exact) mass is 263 g/mol. The Bertz CT molecular complexity index is 476. The third-order valence-electron chi connectivity index (χ3n) is 3.48. The van der Waals surface area contributed by atoms with Gasteiger partial charge in [0, 0.05) is 6.04 Å². The zero-order chi connectivity index (χ0) is 13.2. The molecule has 0 amide bonds. The van der Waals surface area contributed by atoms with E-state index in [0.717, 1.165) is 12.8 Å². The number of rotatable bonds is 2. The van der Waals surface area contributed by atoms with E-state index in [1.54, 1.807) is 12.1 Å². The summed E-state index contributed by atoms with van der Waals surface area (Å²) in [5.41, 5.74) is 0.930. The van der Waals surface area contributed by atoms with Crippen LogP contribution in [0.5, 0.6) is 0 Å². The van der Waals surface area contributed by atoms with Gasteiger partial charge in [0.2, 0.25) is 0 Å². The van der Waals surface area contributed by atoms with E-state index < -0.39 is 0 Å². The minimum atomic E-state index is 0.367. The van der Waals surface area contributed by atoms with Crippen LogP contribution in [-0.4, -0.2) is 11.0 Å². The van der Waals surface area contributed by atoms with Gasteiger partial charge < -0.3 is 5.32 Å². The van der Waals surface area contributed by atoms with Crippen LogP contribution in [-0.2, 0) is 0 Å². The van der Waals surface area contributed by atoms with Crippen molar-refractivity contribution in [1.82, 2.24) is 4.98 Å². The van der Waals surface area contributed by atoms with Crippen molar-refractivity contribution in [3.8, 4) is 6.07 Å². The maximum atomic E-state index is 8.91. The predicted octanol–water partition coefficient (Wildman–Crippen LogP) is 3.99. The van der Waals surface area contributed by atoms with Gasteiger partial charge in [0.1, 0.15) is 11.0 Å². The second-order valence-electron chi connectivity index (χ2n) is 5.78. The number of pyridine rings is 1. The lowest BCUT2D eigenvalue weighted by Gasteiger charge is -2.35. The summed E-state index contributed by atoms with van der Waals surface area (Å²) in [7, 11) is 0. The van der Waals surface area contributed by atoms with Gasteiger partial charge in [-0.05, 0) is 36.8 Å². The molecule has 1 saturated carbocycles. The molecular weight excluding hydrogens is 246 g/mol. The largest absolute Gasteiger partial charge is 0.367 e. The quantitative estimate of drug-likeness (QED) is 0.821. The highest BCUT2D eigenvalue weighted by Crippen LogP contribution is 2.36. The maximum Gasteiger partial charge on any atom is 0.132 e. The highest BCUT2D eigenvalue weighted by Gasteiger charge is 2.28. The van der Waals surface area contributed by atoms with Gasteiger partial charge in [0.25, 0.3) is 0 Å². The molecule has 1 aromatic rings. The molecule has 0 spiro atoms. The summed E-state index contributed by atoms with van der Waals surface area (Å²) in [6.07, 6.45) is 4.79. The second kappa shape index (κ2) is 5.16. The lowest BCUT2D eigenvalue weighted by atomic mass is 9.75. The molecule has 1 heterocycles. The number of nitrogens with one attached hydrogen (secondary N) is 1. The van der Waals surface area contributed by atoms with Gasteiger partial charge in [-0.1, -0.05) is 31.9 Å². The van der Waals surface area contributed by atoms with Crippen LogP contribution >= 0.6 is 11.6 Å². The molecule has 3 nitrogen and oxygen atoms in total. The minimum absolute atomic E-state index is 0.367. The van der Waals surface area contributed by atoms with Gasteiger partial charge in [-0.25, -0.2) is 4.98 Å². The highest BCUT2D eigenvalue weighted by molar-refractivity contribution is 6.29. The van der Waals surface area contributed by atoms with Crippen molar-refractivity contribution >= 4 is 17.4 Å². The Morgan fingerprint density at radius 2 is 2.28 bits per heavy atom. The summed E-state index contributed by atoms with van der Waals surface area (Å²) >= 11 is 5.90. The van der Waals surface area contributed by atoms with Crippen LogP contribution in [0.2, 0.25) is 5.15 Å². The number of nitriles is 1. The van der Waals surface area contributed by atoms with E-state index in [4.69, 9.17) is 16.9 Å². The second-order valence-corrected chi connectivity index (χ2v) is 6.16. The summed E-state index contributed by atoms with van der Waals surface area (Å²) in [5, 5.41) is 12.7. The maximum absolute atomic E-state index is 8.91. The third kappa shape index (κ3) is 3.36. The summed E-state index contributed by atoms with van der Waals surface area (Å²) in [4.78, 5) is 4.23. The first-order chi connectivity index (χ1) is 8.48. The molecule has 1 atom stereocenters. The molecule has 4 heteroatoms. The van der Waals surface area contributed by atoms with Gasteiger partial charge in [0.15, 0.2) is 0 Å². The standard InChI is InChI=1S/C14H18ClN3/c1-14(2)5-3-4-11(8-14)17-13-7-10(9-16)6-12(15)18-13/h6-7,11H,3-5,8H2,1-2H3,(H,17,18). The molecule has 1 aliphatic carbocycles. The third-order valence-corrected chi connectivity index (χ3v) is 3.67. The van der Waals surface area contributed by atoms with Crippen molar-refractivity contribution in [3.63, 3.8) is 0 Å². The van der Waals surface area contributed by atoms with Crippen LogP contribution in [0.1, 0.15) is 45.1 Å². The molecule has 1 aromatic heterocycles. The predicted molar refractivity (Wildman–Crippen MR) is 73.6 cm³/mol. The first kappa shape index (κ1) is 13.2. The molecule has 1 fully saturated rings. The summed E-state index contributed by atoms with van der Waals surface area (Å²) < 4.78 is 0. The molecule has 0 aromatic carbocycles. The lowest BCUT2D eigenvalue weighted by Crippen LogP contribution is -2.32. The minimum Gasteiger partial charge on any atom is -0.367 e. The Morgan fingerprint density at radius 1 is 1.50 bits per heavy atom. The van der Waals surface area contributed by atoms with Crippen molar-refractivity contribution in [2.45, 2.75) is 45.6 Å². The van der Waals surface area contributed by atoms with Crippen LogP contribution in [0.4, 0.5) is 5.82 Å². The average Bonchev–Trinajstić information content (AvgIpc) is 2.26. The summed E-state index contributed by atoms with van der Waals surface area (Å²) in [6.45, 7) is 4.60. The molecule has 1 aliphatic rings. The normalized spacial score (nSPS) is 22.2. The van der Waals surface area contributed by atoms with Crippen molar-refractivity contribution in [1.29, 1.82) is 5.26 Å². The number of halogens is 1. The summed E-state index contributed by atoms with van der Waals surface area (Å²) in [5.74, 6) is 0.710. The number of hydrogen-bond donors (Lipinski definition) is 1. The average molecular weight is 264 g/mol. The molecule has 18 heavy (non-hydrogen) atoms. The fraction of sp³-hybridized carbons (Fsp3) is 0.571. The molecule has 0 aliphatic heterocycles.